The van der Waals surface area contributed by atoms with Gasteiger partial charge in [-0.2, -0.15) is 0 Å². The molecule has 0 saturated carbocycles. The molecule has 0 amide bonds. The molecule has 0 spiro atoms. The van der Waals surface area contributed by atoms with Crippen molar-refractivity contribution in [3.05, 3.63) is 34.6 Å². The van der Waals surface area contributed by atoms with Crippen LogP contribution in [0.4, 0.5) is 23.0 Å². The number of benzene rings is 1. The molecular formula is C10H9Cl2N5. The van der Waals surface area contributed by atoms with Crippen molar-refractivity contribution < 1.29 is 0 Å². The molecular weight excluding hydrogens is 261 g/mol. The summed E-state index contributed by atoms with van der Waals surface area (Å²) < 4.78 is 0. The molecule has 0 atom stereocenters. The van der Waals surface area contributed by atoms with Crippen LogP contribution in [0, 0.1) is 0 Å². The third kappa shape index (κ3) is 2.51. The average molecular weight is 270 g/mol. The number of hydrogen-bond donors (Lipinski definition) is 3. The maximum absolute atomic E-state index is 6.00. The highest BCUT2D eigenvalue weighted by molar-refractivity contribution is 6.35. The highest BCUT2D eigenvalue weighted by Crippen LogP contribution is 2.30. The molecule has 1 heterocycles. The van der Waals surface area contributed by atoms with Gasteiger partial charge < -0.3 is 16.8 Å². The molecule has 0 aliphatic carbocycles. The Morgan fingerprint density at radius 2 is 1.88 bits per heavy atom. The molecule has 0 saturated heterocycles. The molecule has 17 heavy (non-hydrogen) atoms. The molecule has 1 aromatic carbocycles. The van der Waals surface area contributed by atoms with Crippen LogP contribution in [0.2, 0.25) is 10.0 Å². The number of halogens is 2. The lowest BCUT2D eigenvalue weighted by Gasteiger charge is -2.10. The Labute approximate surface area is 108 Å². The van der Waals surface area contributed by atoms with Gasteiger partial charge in [0.2, 0.25) is 0 Å². The smallest absolute Gasteiger partial charge is 0.159 e. The van der Waals surface area contributed by atoms with E-state index in [4.69, 9.17) is 34.7 Å². The molecule has 7 heteroatoms. The minimum absolute atomic E-state index is 0.209. The zero-order valence-electron chi connectivity index (χ0n) is 8.61. The molecule has 0 fully saturated rings. The van der Waals surface area contributed by atoms with Crippen LogP contribution in [0.25, 0.3) is 0 Å². The lowest BCUT2D eigenvalue weighted by molar-refractivity contribution is 1.18. The number of nitrogen functional groups attached to an aromatic ring is 2. The third-order valence-electron chi connectivity index (χ3n) is 2.10. The molecule has 2 rings (SSSR count). The molecule has 0 bridgehead atoms. The van der Waals surface area contributed by atoms with Gasteiger partial charge in [-0.3, -0.25) is 0 Å². The number of nitrogens with two attached hydrogens (primary N) is 2. The van der Waals surface area contributed by atoms with E-state index < -0.39 is 0 Å². The van der Waals surface area contributed by atoms with E-state index in [9.17, 15) is 0 Å². The predicted octanol–water partition coefficient (Wildman–Crippen LogP) is 2.69. The maximum atomic E-state index is 6.00. The maximum Gasteiger partial charge on any atom is 0.159 e. The Balaban J connectivity index is 2.38. The summed E-state index contributed by atoms with van der Waals surface area (Å²) in [5, 5.41) is 4.01. The fraction of sp³-hybridized carbons (Fsp3) is 0. The molecule has 0 aliphatic rings. The number of nitrogens with zero attached hydrogens (tertiary/aromatic N) is 2. The lowest BCUT2D eigenvalue weighted by Crippen LogP contribution is -2.04. The summed E-state index contributed by atoms with van der Waals surface area (Å²) in [4.78, 5) is 7.74. The van der Waals surface area contributed by atoms with Crippen LogP contribution in [0.5, 0.6) is 0 Å². The summed E-state index contributed by atoms with van der Waals surface area (Å²) in [6.07, 6.45) is 1.31. The van der Waals surface area contributed by atoms with Gasteiger partial charge in [-0.25, -0.2) is 9.97 Å². The average Bonchev–Trinajstić information content (AvgIpc) is 2.30. The van der Waals surface area contributed by atoms with E-state index in [1.807, 2.05) is 0 Å². The van der Waals surface area contributed by atoms with Crippen LogP contribution in [0.15, 0.2) is 24.5 Å². The van der Waals surface area contributed by atoms with Crippen LogP contribution in [-0.2, 0) is 0 Å². The van der Waals surface area contributed by atoms with E-state index in [0.717, 1.165) is 0 Å². The largest absolute Gasteiger partial charge is 0.393 e. The minimum Gasteiger partial charge on any atom is -0.393 e. The van der Waals surface area contributed by atoms with Crippen molar-refractivity contribution in [2.24, 2.45) is 0 Å². The van der Waals surface area contributed by atoms with Crippen molar-refractivity contribution >= 4 is 46.2 Å². The van der Waals surface area contributed by atoms with Crippen molar-refractivity contribution in [1.29, 1.82) is 0 Å². The lowest BCUT2D eigenvalue weighted by atomic mass is 10.3. The fourth-order valence-electron chi connectivity index (χ4n) is 1.23. The Hall–Kier alpha value is -1.72. The second-order valence-electron chi connectivity index (χ2n) is 3.27. The number of hydrogen-bond acceptors (Lipinski definition) is 5. The normalized spacial score (nSPS) is 10.2. The number of rotatable bonds is 2. The van der Waals surface area contributed by atoms with Crippen molar-refractivity contribution in [3.8, 4) is 0 Å². The van der Waals surface area contributed by atoms with Crippen LogP contribution in [-0.4, -0.2) is 9.97 Å². The van der Waals surface area contributed by atoms with Crippen molar-refractivity contribution in [1.82, 2.24) is 9.97 Å². The Morgan fingerprint density at radius 1 is 1.12 bits per heavy atom. The first-order valence-electron chi connectivity index (χ1n) is 4.66. The summed E-state index contributed by atoms with van der Waals surface area (Å²) in [6.45, 7) is 0. The first-order valence-corrected chi connectivity index (χ1v) is 5.41. The summed E-state index contributed by atoms with van der Waals surface area (Å²) in [6, 6.07) is 5.03. The van der Waals surface area contributed by atoms with Gasteiger partial charge in [0.1, 0.15) is 12.0 Å². The van der Waals surface area contributed by atoms with Gasteiger partial charge in [0.05, 0.1) is 10.7 Å². The topological polar surface area (TPSA) is 89.8 Å². The van der Waals surface area contributed by atoms with Crippen LogP contribution in [0.3, 0.4) is 0 Å². The van der Waals surface area contributed by atoms with Gasteiger partial charge in [0.25, 0.3) is 0 Å². The van der Waals surface area contributed by atoms with Gasteiger partial charge in [-0.15, -0.1) is 0 Å². The van der Waals surface area contributed by atoms with Gasteiger partial charge >= 0.3 is 0 Å². The van der Waals surface area contributed by atoms with Crippen LogP contribution < -0.4 is 16.8 Å². The summed E-state index contributed by atoms with van der Waals surface area (Å²) in [5.74, 6) is 0.599. The highest BCUT2D eigenvalue weighted by atomic mass is 35.5. The number of aromatic nitrogens is 2. The van der Waals surface area contributed by atoms with E-state index in [1.54, 1.807) is 18.2 Å². The zero-order valence-corrected chi connectivity index (χ0v) is 10.1. The van der Waals surface area contributed by atoms with E-state index >= 15 is 0 Å². The highest BCUT2D eigenvalue weighted by Gasteiger charge is 2.08. The zero-order chi connectivity index (χ0) is 12.4. The molecule has 0 unspecified atom stereocenters. The Morgan fingerprint density at radius 3 is 2.65 bits per heavy atom. The summed E-state index contributed by atoms with van der Waals surface area (Å²) >= 11 is 11.9. The Bertz CT molecular complexity index is 558. The molecule has 0 radical (unpaired) electrons. The fourth-order valence-corrected chi connectivity index (χ4v) is 1.57. The standard InChI is InChI=1S/C10H9Cl2N5/c11-5-1-2-6(12)7(3-5)17-10-8(13)9(14)15-4-16-10/h1-4H,13H2,(H3,14,15,16,17). The molecule has 2 aromatic rings. The van der Waals surface area contributed by atoms with Gasteiger partial charge in [-0.05, 0) is 18.2 Å². The van der Waals surface area contributed by atoms with Crippen LogP contribution in [0.1, 0.15) is 0 Å². The van der Waals surface area contributed by atoms with Gasteiger partial charge in [0, 0.05) is 5.02 Å². The first kappa shape index (κ1) is 11.8. The molecule has 5 nitrogen and oxygen atoms in total. The second-order valence-corrected chi connectivity index (χ2v) is 4.11. The first-order chi connectivity index (χ1) is 8.08. The van der Waals surface area contributed by atoms with Gasteiger partial charge in [-0.1, -0.05) is 23.2 Å². The van der Waals surface area contributed by atoms with Crippen molar-refractivity contribution in [2.75, 3.05) is 16.8 Å². The summed E-state index contributed by atoms with van der Waals surface area (Å²) in [5.41, 5.74) is 12.2. The van der Waals surface area contributed by atoms with Crippen LogP contribution >= 0.6 is 23.2 Å². The van der Waals surface area contributed by atoms with E-state index in [2.05, 4.69) is 15.3 Å². The second kappa shape index (κ2) is 4.65. The SMILES string of the molecule is Nc1ncnc(Nc2cc(Cl)ccc2Cl)c1N. The van der Waals surface area contributed by atoms with Crippen molar-refractivity contribution in [3.63, 3.8) is 0 Å². The minimum atomic E-state index is 0.209. The number of anilines is 4. The molecule has 1 aromatic heterocycles. The quantitative estimate of drug-likeness (QED) is 0.780. The van der Waals surface area contributed by atoms with Crippen molar-refractivity contribution in [2.45, 2.75) is 0 Å². The molecule has 0 aliphatic heterocycles. The third-order valence-corrected chi connectivity index (χ3v) is 2.66. The van der Waals surface area contributed by atoms with E-state index in [-0.39, 0.29) is 11.5 Å². The van der Waals surface area contributed by atoms with E-state index in [1.165, 1.54) is 6.33 Å². The Kier molecular flexibility index (Phi) is 3.21. The number of nitrogens with one attached hydrogen (secondary N) is 1. The molecule has 88 valence electrons. The van der Waals surface area contributed by atoms with Gasteiger partial charge in [0.15, 0.2) is 11.6 Å². The monoisotopic (exact) mass is 269 g/mol. The molecule has 5 N–H and O–H groups in total. The summed E-state index contributed by atoms with van der Waals surface area (Å²) in [7, 11) is 0. The van der Waals surface area contributed by atoms with E-state index in [0.29, 0.717) is 21.6 Å². The predicted molar refractivity (Wildman–Crippen MR) is 70.6 cm³/mol.